The van der Waals surface area contributed by atoms with E-state index in [1.807, 2.05) is 4.90 Å². The number of halogens is 2. The van der Waals surface area contributed by atoms with E-state index < -0.39 is 11.6 Å². The number of likely N-dealkylation sites (tertiary alicyclic amines) is 1. The summed E-state index contributed by atoms with van der Waals surface area (Å²) in [6.45, 7) is 2.02. The maximum absolute atomic E-state index is 13.2. The molecule has 1 amide bonds. The maximum atomic E-state index is 13.2. The van der Waals surface area contributed by atoms with Gasteiger partial charge in [0.2, 0.25) is 5.91 Å². The van der Waals surface area contributed by atoms with Crippen molar-refractivity contribution in [3.05, 3.63) is 35.4 Å². The number of amides is 1. The average Bonchev–Trinajstić information content (AvgIpc) is 2.54. The van der Waals surface area contributed by atoms with E-state index in [2.05, 4.69) is 0 Å². The van der Waals surface area contributed by atoms with Gasteiger partial charge in [0.15, 0.2) is 11.6 Å². The molecule has 0 radical (unpaired) electrons. The van der Waals surface area contributed by atoms with E-state index in [-0.39, 0.29) is 5.91 Å². The molecule has 1 aliphatic rings. The van der Waals surface area contributed by atoms with Gasteiger partial charge in [0.1, 0.15) is 0 Å². The van der Waals surface area contributed by atoms with Gasteiger partial charge in [-0.2, -0.15) is 0 Å². The molecule has 3 nitrogen and oxygen atoms in total. The molecular formula is C17H23F2NO2. The first kappa shape index (κ1) is 16.9. The standard InChI is InChI=1S/C17H23F2NO2/c1-22-10-8-17(21)20-9-2-3-14(12-20)5-4-13-6-7-15(18)16(19)11-13/h6-7,11,14H,2-5,8-10,12H2,1H3/t14-/m0/s1. The monoisotopic (exact) mass is 311 g/mol. The van der Waals surface area contributed by atoms with Crippen molar-refractivity contribution in [3.8, 4) is 0 Å². The summed E-state index contributed by atoms with van der Waals surface area (Å²) in [4.78, 5) is 13.9. The number of benzene rings is 1. The third-order valence-corrected chi connectivity index (χ3v) is 4.22. The van der Waals surface area contributed by atoms with Gasteiger partial charge < -0.3 is 9.64 Å². The van der Waals surface area contributed by atoms with Gasteiger partial charge in [-0.15, -0.1) is 0 Å². The average molecular weight is 311 g/mol. The van der Waals surface area contributed by atoms with E-state index in [0.717, 1.165) is 37.9 Å². The van der Waals surface area contributed by atoms with E-state index in [1.165, 1.54) is 12.1 Å². The summed E-state index contributed by atoms with van der Waals surface area (Å²) < 4.78 is 31.0. The normalized spacial score (nSPS) is 18.5. The van der Waals surface area contributed by atoms with Crippen LogP contribution in [0, 0.1) is 17.6 Å². The van der Waals surface area contributed by atoms with Crippen LogP contribution in [0.25, 0.3) is 0 Å². The molecule has 1 atom stereocenters. The Balaban J connectivity index is 1.82. The Kier molecular flexibility index (Phi) is 6.31. The predicted octanol–water partition coefficient (Wildman–Crippen LogP) is 3.17. The Morgan fingerprint density at radius 2 is 2.18 bits per heavy atom. The summed E-state index contributed by atoms with van der Waals surface area (Å²) >= 11 is 0. The maximum Gasteiger partial charge on any atom is 0.224 e. The number of ether oxygens (including phenoxy) is 1. The lowest BCUT2D eigenvalue weighted by Crippen LogP contribution is -2.40. The number of rotatable bonds is 6. The SMILES string of the molecule is COCCC(=O)N1CCC[C@@H](CCc2ccc(F)c(F)c2)C1. The first-order valence-corrected chi connectivity index (χ1v) is 7.80. The molecule has 2 rings (SSSR count). The van der Waals surface area contributed by atoms with Crippen molar-refractivity contribution in [2.24, 2.45) is 5.92 Å². The van der Waals surface area contributed by atoms with Crippen molar-refractivity contribution in [1.29, 1.82) is 0 Å². The van der Waals surface area contributed by atoms with Crippen molar-refractivity contribution in [2.75, 3.05) is 26.8 Å². The molecule has 1 aliphatic heterocycles. The lowest BCUT2D eigenvalue weighted by atomic mass is 9.91. The predicted molar refractivity (Wildman–Crippen MR) is 80.5 cm³/mol. The van der Waals surface area contributed by atoms with Gasteiger partial charge in [-0.25, -0.2) is 8.78 Å². The number of nitrogens with zero attached hydrogens (tertiary/aromatic N) is 1. The third kappa shape index (κ3) is 4.77. The van der Waals surface area contributed by atoms with E-state index in [1.54, 1.807) is 13.2 Å². The Morgan fingerprint density at radius 3 is 2.91 bits per heavy atom. The zero-order valence-corrected chi connectivity index (χ0v) is 13.0. The van der Waals surface area contributed by atoms with E-state index in [9.17, 15) is 13.6 Å². The zero-order chi connectivity index (χ0) is 15.9. The van der Waals surface area contributed by atoms with Crippen LogP contribution in [0.4, 0.5) is 8.78 Å². The molecule has 122 valence electrons. The minimum Gasteiger partial charge on any atom is -0.384 e. The summed E-state index contributed by atoms with van der Waals surface area (Å²) in [5.41, 5.74) is 0.807. The molecule has 0 saturated carbocycles. The summed E-state index contributed by atoms with van der Waals surface area (Å²) in [7, 11) is 1.59. The molecule has 0 aliphatic carbocycles. The number of carbonyl (C=O) groups is 1. The zero-order valence-electron chi connectivity index (χ0n) is 13.0. The first-order valence-electron chi connectivity index (χ1n) is 7.80. The van der Waals surface area contributed by atoms with E-state index in [4.69, 9.17) is 4.74 Å². The molecular weight excluding hydrogens is 288 g/mol. The van der Waals surface area contributed by atoms with Gasteiger partial charge in [0.05, 0.1) is 13.0 Å². The highest BCUT2D eigenvalue weighted by Crippen LogP contribution is 2.22. The van der Waals surface area contributed by atoms with Gasteiger partial charge in [0, 0.05) is 20.2 Å². The smallest absolute Gasteiger partial charge is 0.224 e. The lowest BCUT2D eigenvalue weighted by Gasteiger charge is -2.33. The summed E-state index contributed by atoms with van der Waals surface area (Å²) in [6, 6.07) is 4.06. The second-order valence-electron chi connectivity index (χ2n) is 5.88. The van der Waals surface area contributed by atoms with E-state index >= 15 is 0 Å². The third-order valence-electron chi connectivity index (χ3n) is 4.22. The van der Waals surface area contributed by atoms with Gasteiger partial charge in [-0.1, -0.05) is 6.07 Å². The Labute approximate surface area is 130 Å². The lowest BCUT2D eigenvalue weighted by molar-refractivity contribution is -0.134. The molecule has 0 aromatic heterocycles. The Morgan fingerprint density at radius 1 is 1.36 bits per heavy atom. The van der Waals surface area contributed by atoms with Crippen LogP contribution in [0.3, 0.4) is 0 Å². The van der Waals surface area contributed by atoms with Crippen LogP contribution in [0.5, 0.6) is 0 Å². The quantitative estimate of drug-likeness (QED) is 0.807. The molecule has 1 fully saturated rings. The number of hydrogen-bond acceptors (Lipinski definition) is 2. The Bertz CT molecular complexity index is 507. The van der Waals surface area contributed by atoms with Crippen molar-refractivity contribution < 1.29 is 18.3 Å². The molecule has 22 heavy (non-hydrogen) atoms. The topological polar surface area (TPSA) is 29.5 Å². The Hall–Kier alpha value is -1.49. The highest BCUT2D eigenvalue weighted by Gasteiger charge is 2.23. The fourth-order valence-corrected chi connectivity index (χ4v) is 2.94. The number of methoxy groups -OCH3 is 1. The summed E-state index contributed by atoms with van der Waals surface area (Å²) in [5, 5.41) is 0. The molecule has 1 heterocycles. The molecule has 1 aromatic carbocycles. The number of piperidine rings is 1. The van der Waals surface area contributed by atoms with Crippen molar-refractivity contribution in [2.45, 2.75) is 32.1 Å². The van der Waals surface area contributed by atoms with Crippen LogP contribution in [0.1, 0.15) is 31.2 Å². The summed E-state index contributed by atoms with van der Waals surface area (Å²) in [5.74, 6) is -1.04. The molecule has 0 N–H and O–H groups in total. The van der Waals surface area contributed by atoms with Crippen molar-refractivity contribution in [3.63, 3.8) is 0 Å². The molecule has 1 aromatic rings. The number of aryl methyl sites for hydroxylation is 1. The molecule has 0 bridgehead atoms. The van der Waals surface area contributed by atoms with Gasteiger partial charge in [-0.3, -0.25) is 4.79 Å². The molecule has 0 spiro atoms. The van der Waals surface area contributed by atoms with Crippen LogP contribution in [-0.4, -0.2) is 37.6 Å². The molecule has 5 heteroatoms. The van der Waals surface area contributed by atoms with Crippen LogP contribution >= 0.6 is 0 Å². The largest absolute Gasteiger partial charge is 0.384 e. The van der Waals surface area contributed by atoms with E-state index in [0.29, 0.717) is 25.4 Å². The van der Waals surface area contributed by atoms with Crippen LogP contribution in [0.15, 0.2) is 18.2 Å². The second kappa shape index (κ2) is 8.22. The fourth-order valence-electron chi connectivity index (χ4n) is 2.94. The van der Waals surface area contributed by atoms with Gasteiger partial charge >= 0.3 is 0 Å². The molecule has 1 saturated heterocycles. The van der Waals surface area contributed by atoms with Crippen LogP contribution < -0.4 is 0 Å². The van der Waals surface area contributed by atoms with Crippen LogP contribution in [-0.2, 0) is 16.0 Å². The second-order valence-corrected chi connectivity index (χ2v) is 5.88. The number of carbonyl (C=O) groups excluding carboxylic acids is 1. The minimum absolute atomic E-state index is 0.138. The van der Waals surface area contributed by atoms with Crippen LogP contribution in [0.2, 0.25) is 0 Å². The van der Waals surface area contributed by atoms with Gasteiger partial charge in [-0.05, 0) is 49.3 Å². The first-order chi connectivity index (χ1) is 10.6. The highest BCUT2D eigenvalue weighted by atomic mass is 19.2. The summed E-state index contributed by atoms with van der Waals surface area (Å²) in [6.07, 6.45) is 4.10. The van der Waals surface area contributed by atoms with Crippen molar-refractivity contribution in [1.82, 2.24) is 4.90 Å². The fraction of sp³-hybridized carbons (Fsp3) is 0.588. The molecule has 0 unspecified atom stereocenters. The van der Waals surface area contributed by atoms with Gasteiger partial charge in [0.25, 0.3) is 0 Å². The highest BCUT2D eigenvalue weighted by molar-refractivity contribution is 5.76. The van der Waals surface area contributed by atoms with Crippen molar-refractivity contribution >= 4 is 5.91 Å². The minimum atomic E-state index is -0.809. The number of hydrogen-bond donors (Lipinski definition) is 0.